The highest BCUT2D eigenvalue weighted by Gasteiger charge is 2.58. The van der Waals surface area contributed by atoms with Crippen LogP contribution in [-0.2, 0) is 24.3 Å². The molecule has 0 aromatic heterocycles. The molecule has 2 fully saturated rings. The molecule has 2 aromatic carbocycles. The van der Waals surface area contributed by atoms with Gasteiger partial charge < -0.3 is 4.74 Å². The fraction of sp³-hybridized carbons (Fsp3) is 0.433. The average molecular weight is 551 g/mol. The summed E-state index contributed by atoms with van der Waals surface area (Å²) >= 11 is 0. The predicted octanol–water partition coefficient (Wildman–Crippen LogP) is 5.08. The normalized spacial score (nSPS) is 24.4. The van der Waals surface area contributed by atoms with Crippen molar-refractivity contribution >= 4 is 33.6 Å². The minimum absolute atomic E-state index is 0.00763. The number of ether oxygens (including phenoxy) is 1. The maximum absolute atomic E-state index is 13.6. The van der Waals surface area contributed by atoms with Crippen molar-refractivity contribution in [2.75, 3.05) is 11.4 Å². The standard InChI is InChI=1S/C30H34N2O6S/c1-19-10-13-23(14-11-19)39(36,37)31(29(35)38-30(2,3)4)17-16-20-18-21-12-15-24(20)26-25(21)27(33)32(28(26)34)22-8-6-5-7-9-22/h5-11,13-14,18,21,24-26H,12,15-17H2,1-4H3/t21-,24+,25+,26-/m0/s1. The van der Waals surface area contributed by atoms with Gasteiger partial charge in [0.1, 0.15) is 5.60 Å². The Morgan fingerprint density at radius 2 is 1.62 bits per heavy atom. The molecule has 2 bridgehead atoms. The van der Waals surface area contributed by atoms with Gasteiger partial charge in [0.25, 0.3) is 10.0 Å². The van der Waals surface area contributed by atoms with Crippen LogP contribution in [0.3, 0.4) is 0 Å². The zero-order valence-corrected chi connectivity index (χ0v) is 23.5. The number of benzene rings is 2. The highest BCUT2D eigenvalue weighted by molar-refractivity contribution is 7.89. The molecule has 1 saturated heterocycles. The molecule has 39 heavy (non-hydrogen) atoms. The van der Waals surface area contributed by atoms with Crippen LogP contribution in [0.15, 0.2) is 71.1 Å². The maximum atomic E-state index is 13.6. The Morgan fingerprint density at radius 1 is 0.974 bits per heavy atom. The van der Waals surface area contributed by atoms with Crippen molar-refractivity contribution < 1.29 is 27.5 Å². The van der Waals surface area contributed by atoms with Crippen molar-refractivity contribution in [3.63, 3.8) is 0 Å². The van der Waals surface area contributed by atoms with Gasteiger partial charge in [0.2, 0.25) is 11.8 Å². The molecular weight excluding hydrogens is 516 g/mol. The van der Waals surface area contributed by atoms with Crippen molar-refractivity contribution in [1.82, 2.24) is 4.31 Å². The van der Waals surface area contributed by atoms with Gasteiger partial charge in [-0.15, -0.1) is 0 Å². The van der Waals surface area contributed by atoms with Gasteiger partial charge in [-0.1, -0.05) is 47.5 Å². The quantitative estimate of drug-likeness (QED) is 0.367. The van der Waals surface area contributed by atoms with E-state index in [1.54, 1.807) is 57.2 Å². The van der Waals surface area contributed by atoms with Gasteiger partial charge in [0.15, 0.2) is 0 Å². The Hall–Kier alpha value is -3.46. The third kappa shape index (κ3) is 5.00. The monoisotopic (exact) mass is 550 g/mol. The maximum Gasteiger partial charge on any atom is 0.424 e. The number of imide groups is 1. The second-order valence-corrected chi connectivity index (χ2v) is 13.5. The molecule has 9 heteroatoms. The molecule has 4 aliphatic rings. The van der Waals surface area contributed by atoms with Gasteiger partial charge in [0.05, 0.1) is 22.4 Å². The molecule has 3 amide bonds. The van der Waals surface area contributed by atoms with Crippen molar-refractivity contribution in [2.45, 2.75) is 57.5 Å². The van der Waals surface area contributed by atoms with Gasteiger partial charge in [-0.25, -0.2) is 17.5 Å². The number of nitrogens with zero attached hydrogens (tertiary/aromatic N) is 2. The Kier molecular flexibility index (Phi) is 6.91. The molecule has 1 saturated carbocycles. The Balaban J connectivity index is 1.41. The molecule has 0 spiro atoms. The van der Waals surface area contributed by atoms with Crippen LogP contribution in [0.5, 0.6) is 0 Å². The van der Waals surface area contributed by atoms with E-state index in [4.69, 9.17) is 4.74 Å². The summed E-state index contributed by atoms with van der Waals surface area (Å²) in [5.74, 6) is -1.51. The zero-order chi connectivity index (χ0) is 28.1. The highest BCUT2D eigenvalue weighted by atomic mass is 32.2. The smallest absolute Gasteiger partial charge is 0.424 e. The van der Waals surface area contributed by atoms with Gasteiger partial charge in [-0.3, -0.25) is 14.5 Å². The number of carbonyl (C=O) groups excluding carboxylic acids is 3. The van der Waals surface area contributed by atoms with Crippen LogP contribution in [0, 0.1) is 30.6 Å². The van der Waals surface area contributed by atoms with Crippen molar-refractivity contribution in [1.29, 1.82) is 0 Å². The van der Waals surface area contributed by atoms with Crippen LogP contribution >= 0.6 is 0 Å². The van der Waals surface area contributed by atoms with Gasteiger partial charge >= 0.3 is 6.09 Å². The molecule has 6 rings (SSSR count). The minimum Gasteiger partial charge on any atom is -0.443 e. The molecule has 8 nitrogen and oxygen atoms in total. The summed E-state index contributed by atoms with van der Waals surface area (Å²) in [6.07, 6.45) is 2.91. The summed E-state index contributed by atoms with van der Waals surface area (Å²) in [5, 5.41) is 0. The Bertz CT molecular complexity index is 1430. The van der Waals surface area contributed by atoms with E-state index in [9.17, 15) is 22.8 Å². The first-order valence-electron chi connectivity index (χ1n) is 13.3. The summed E-state index contributed by atoms with van der Waals surface area (Å²) in [6.45, 7) is 6.79. The predicted molar refractivity (Wildman–Crippen MR) is 146 cm³/mol. The number of rotatable bonds is 6. The summed E-state index contributed by atoms with van der Waals surface area (Å²) in [7, 11) is -4.18. The van der Waals surface area contributed by atoms with Crippen LogP contribution < -0.4 is 4.90 Å². The third-order valence-corrected chi connectivity index (χ3v) is 9.61. The highest BCUT2D eigenvalue weighted by Crippen LogP contribution is 2.53. The molecule has 4 atom stereocenters. The van der Waals surface area contributed by atoms with E-state index in [0.717, 1.165) is 28.3 Å². The topological polar surface area (TPSA) is 101 Å². The van der Waals surface area contributed by atoms with Crippen LogP contribution in [0.2, 0.25) is 0 Å². The van der Waals surface area contributed by atoms with Crippen LogP contribution in [0.4, 0.5) is 10.5 Å². The van der Waals surface area contributed by atoms with Crippen molar-refractivity contribution in [2.24, 2.45) is 23.7 Å². The number of carbonyl (C=O) groups is 3. The Morgan fingerprint density at radius 3 is 2.26 bits per heavy atom. The van der Waals surface area contributed by atoms with Gasteiger partial charge in [-0.2, -0.15) is 0 Å². The van der Waals surface area contributed by atoms with E-state index in [1.807, 2.05) is 19.1 Å². The summed E-state index contributed by atoms with van der Waals surface area (Å²) in [5.41, 5.74) is 1.52. The van der Waals surface area contributed by atoms with Crippen molar-refractivity contribution in [3.8, 4) is 0 Å². The van der Waals surface area contributed by atoms with E-state index >= 15 is 0 Å². The molecular formula is C30H34N2O6S. The number of para-hydroxylation sites is 1. The van der Waals surface area contributed by atoms with Crippen LogP contribution in [-0.4, -0.2) is 42.8 Å². The number of amides is 3. The lowest BCUT2D eigenvalue weighted by atomic mass is 9.60. The van der Waals surface area contributed by atoms with E-state index in [0.29, 0.717) is 5.69 Å². The minimum atomic E-state index is -4.18. The molecule has 0 radical (unpaired) electrons. The summed E-state index contributed by atoms with van der Waals surface area (Å²) < 4.78 is 33.4. The summed E-state index contributed by atoms with van der Waals surface area (Å²) in [4.78, 5) is 41.4. The molecule has 0 unspecified atom stereocenters. The zero-order valence-electron chi connectivity index (χ0n) is 22.7. The summed E-state index contributed by atoms with van der Waals surface area (Å²) in [6, 6.07) is 15.3. The lowest BCUT2D eigenvalue weighted by Crippen LogP contribution is -2.44. The van der Waals surface area contributed by atoms with E-state index in [-0.39, 0.29) is 41.5 Å². The SMILES string of the molecule is Cc1ccc(S(=O)(=O)N(CCC2=C[C@@H]3CC[C@H]2[C@@H]2C(=O)N(c4ccccc4)C(=O)[C@@H]23)C(=O)OC(C)(C)C)cc1. The molecule has 206 valence electrons. The number of hydrogen-bond donors (Lipinski definition) is 0. The Labute approximate surface area is 229 Å². The second kappa shape index (κ2) is 9.93. The largest absolute Gasteiger partial charge is 0.443 e. The lowest BCUT2D eigenvalue weighted by Gasteiger charge is -2.42. The van der Waals surface area contributed by atoms with E-state index < -0.39 is 33.6 Å². The fourth-order valence-corrected chi connectivity index (χ4v) is 7.41. The van der Waals surface area contributed by atoms with Crippen LogP contribution in [0.25, 0.3) is 0 Å². The first kappa shape index (κ1) is 27.1. The molecule has 1 heterocycles. The lowest BCUT2D eigenvalue weighted by molar-refractivity contribution is -0.124. The molecule has 1 aliphatic heterocycles. The first-order chi connectivity index (χ1) is 18.4. The van der Waals surface area contributed by atoms with Crippen LogP contribution in [0.1, 0.15) is 45.6 Å². The number of hydrogen-bond acceptors (Lipinski definition) is 6. The molecule has 3 aliphatic carbocycles. The number of fused-ring (bicyclic) bond motifs is 1. The first-order valence-corrected chi connectivity index (χ1v) is 14.8. The number of aryl methyl sites for hydroxylation is 1. The van der Waals surface area contributed by atoms with Crippen molar-refractivity contribution in [3.05, 3.63) is 71.8 Å². The number of sulfonamides is 1. The van der Waals surface area contributed by atoms with Gasteiger partial charge in [-0.05, 0) is 83.1 Å². The number of anilines is 1. The average Bonchev–Trinajstić information content (AvgIpc) is 3.16. The second-order valence-electron chi connectivity index (χ2n) is 11.6. The fourth-order valence-electron chi connectivity index (χ4n) is 6.11. The third-order valence-electron chi connectivity index (χ3n) is 7.83. The van der Waals surface area contributed by atoms with Gasteiger partial charge in [0, 0.05) is 6.54 Å². The van der Waals surface area contributed by atoms with E-state index in [2.05, 4.69) is 0 Å². The molecule has 2 aromatic rings. The number of allylic oxidation sites excluding steroid dienone is 1. The molecule has 0 N–H and O–H groups in total. The van der Waals surface area contributed by atoms with E-state index in [1.165, 1.54) is 17.0 Å².